The maximum Gasteiger partial charge on any atom is 0.350 e. The van der Waals surface area contributed by atoms with Crippen LogP contribution in [-0.4, -0.2) is 16.1 Å². The van der Waals surface area contributed by atoms with E-state index in [1.165, 1.54) is 11.3 Å². The number of carbonyl (C=O) groups excluding carboxylic acids is 1. The molecule has 5 nitrogen and oxygen atoms in total. The van der Waals surface area contributed by atoms with Crippen LogP contribution in [0.4, 0.5) is 0 Å². The number of halogens is 1. The van der Waals surface area contributed by atoms with E-state index in [0.717, 1.165) is 21.2 Å². The van der Waals surface area contributed by atoms with Crippen LogP contribution in [0, 0.1) is 6.92 Å². The molecule has 0 atom stereocenters. The van der Waals surface area contributed by atoms with Crippen LogP contribution < -0.4 is 0 Å². The first-order valence-electron chi connectivity index (χ1n) is 7.86. The van der Waals surface area contributed by atoms with E-state index in [-0.39, 0.29) is 12.5 Å². The lowest BCUT2D eigenvalue weighted by Gasteiger charge is -2.00. The number of esters is 1. The molecular formula is C19H13ClN2O3S. The molecule has 0 aliphatic heterocycles. The standard InChI is InChI=1S/C19H13ClN2O3S/c1-11-6-2-3-7-12(11)18-21-15(25-22-18)10-24-19(23)17-16(20)13-8-4-5-9-14(13)26-17/h2-9H,10H2,1H3. The minimum absolute atomic E-state index is 0.109. The summed E-state index contributed by atoms with van der Waals surface area (Å²) in [6, 6.07) is 15.3. The van der Waals surface area contributed by atoms with Gasteiger partial charge >= 0.3 is 5.97 Å². The Morgan fingerprint density at radius 1 is 1.19 bits per heavy atom. The molecule has 7 heteroatoms. The first-order chi connectivity index (χ1) is 12.6. The summed E-state index contributed by atoms with van der Waals surface area (Å²) in [7, 11) is 0. The van der Waals surface area contributed by atoms with E-state index < -0.39 is 5.97 Å². The van der Waals surface area contributed by atoms with Gasteiger partial charge in [-0.05, 0) is 18.6 Å². The van der Waals surface area contributed by atoms with Gasteiger partial charge in [-0.2, -0.15) is 4.98 Å². The Morgan fingerprint density at radius 2 is 1.96 bits per heavy atom. The number of rotatable bonds is 4. The predicted molar refractivity (Wildman–Crippen MR) is 100 cm³/mol. The van der Waals surface area contributed by atoms with Crippen LogP contribution in [0.1, 0.15) is 21.1 Å². The molecule has 2 aromatic carbocycles. The van der Waals surface area contributed by atoms with Crippen LogP contribution in [0.25, 0.3) is 21.5 Å². The van der Waals surface area contributed by atoms with Gasteiger partial charge in [0.05, 0.1) is 5.02 Å². The Balaban J connectivity index is 1.50. The maximum atomic E-state index is 12.4. The number of fused-ring (bicyclic) bond motifs is 1. The Kier molecular flexibility index (Phi) is 4.44. The highest BCUT2D eigenvalue weighted by atomic mass is 35.5. The number of hydrogen-bond donors (Lipinski definition) is 0. The number of aryl methyl sites for hydroxylation is 1. The molecule has 130 valence electrons. The average molecular weight is 385 g/mol. The SMILES string of the molecule is Cc1ccccc1-c1noc(COC(=O)c2sc3ccccc3c2Cl)n1. The summed E-state index contributed by atoms with van der Waals surface area (Å²) in [5, 5.41) is 5.19. The first kappa shape index (κ1) is 16.8. The third kappa shape index (κ3) is 3.09. The quantitative estimate of drug-likeness (QED) is 0.448. The van der Waals surface area contributed by atoms with Gasteiger partial charge in [-0.25, -0.2) is 4.79 Å². The van der Waals surface area contributed by atoms with Crippen molar-refractivity contribution in [1.29, 1.82) is 0 Å². The molecule has 0 aliphatic rings. The number of benzene rings is 2. The summed E-state index contributed by atoms with van der Waals surface area (Å²) in [5.41, 5.74) is 1.91. The Morgan fingerprint density at radius 3 is 2.77 bits per heavy atom. The Labute approximate surface area is 158 Å². The van der Waals surface area contributed by atoms with E-state index in [0.29, 0.717) is 15.7 Å². The highest BCUT2D eigenvalue weighted by Gasteiger charge is 2.19. The van der Waals surface area contributed by atoms with Gasteiger partial charge in [-0.15, -0.1) is 11.3 Å². The van der Waals surface area contributed by atoms with Crippen molar-refractivity contribution >= 4 is 39.0 Å². The van der Waals surface area contributed by atoms with Crippen molar-refractivity contribution in [3.8, 4) is 11.4 Å². The van der Waals surface area contributed by atoms with Gasteiger partial charge in [-0.1, -0.05) is 59.2 Å². The molecule has 0 aliphatic carbocycles. The van der Waals surface area contributed by atoms with Gasteiger partial charge < -0.3 is 9.26 Å². The number of thiophene rings is 1. The van der Waals surface area contributed by atoms with Crippen molar-refractivity contribution in [3.05, 3.63) is 69.9 Å². The predicted octanol–water partition coefficient (Wildman–Crippen LogP) is 5.27. The van der Waals surface area contributed by atoms with Crippen molar-refractivity contribution in [2.24, 2.45) is 0 Å². The fraction of sp³-hybridized carbons (Fsp3) is 0.105. The molecular weight excluding hydrogens is 372 g/mol. The summed E-state index contributed by atoms with van der Waals surface area (Å²) < 4.78 is 11.4. The molecule has 4 aromatic rings. The second-order valence-electron chi connectivity index (χ2n) is 5.64. The minimum atomic E-state index is -0.508. The second-order valence-corrected chi connectivity index (χ2v) is 7.07. The molecule has 0 spiro atoms. The number of ether oxygens (including phenoxy) is 1. The largest absolute Gasteiger partial charge is 0.451 e. The van der Waals surface area contributed by atoms with Gasteiger partial charge in [0, 0.05) is 15.6 Å². The van der Waals surface area contributed by atoms with Crippen molar-refractivity contribution in [1.82, 2.24) is 10.1 Å². The van der Waals surface area contributed by atoms with Crippen LogP contribution in [0.3, 0.4) is 0 Å². The minimum Gasteiger partial charge on any atom is -0.451 e. The molecule has 4 rings (SSSR count). The van der Waals surface area contributed by atoms with E-state index in [1.54, 1.807) is 0 Å². The van der Waals surface area contributed by atoms with E-state index in [4.69, 9.17) is 20.9 Å². The number of nitrogens with zero attached hydrogens (tertiary/aromatic N) is 2. The molecule has 0 saturated heterocycles. The van der Waals surface area contributed by atoms with Crippen LogP contribution in [0.15, 0.2) is 53.1 Å². The molecule has 2 heterocycles. The van der Waals surface area contributed by atoms with Crippen molar-refractivity contribution < 1.29 is 14.1 Å². The molecule has 0 saturated carbocycles. The normalized spacial score (nSPS) is 11.0. The Bertz CT molecular complexity index is 1100. The van der Waals surface area contributed by atoms with E-state index in [1.807, 2.05) is 55.5 Å². The fourth-order valence-corrected chi connectivity index (χ4v) is 3.99. The van der Waals surface area contributed by atoms with Gasteiger partial charge in [0.2, 0.25) is 5.82 Å². The summed E-state index contributed by atoms with van der Waals surface area (Å²) >= 11 is 7.59. The van der Waals surface area contributed by atoms with E-state index >= 15 is 0 Å². The zero-order valence-corrected chi connectivity index (χ0v) is 15.3. The Hall–Kier alpha value is -2.70. The summed E-state index contributed by atoms with van der Waals surface area (Å²) in [6.45, 7) is 1.86. The summed E-state index contributed by atoms with van der Waals surface area (Å²) in [4.78, 5) is 17.0. The third-order valence-electron chi connectivity index (χ3n) is 3.90. The monoisotopic (exact) mass is 384 g/mol. The molecule has 0 unspecified atom stereocenters. The lowest BCUT2D eigenvalue weighted by Crippen LogP contribution is -2.04. The van der Waals surface area contributed by atoms with Crippen molar-refractivity contribution in [2.75, 3.05) is 0 Å². The fourth-order valence-electron chi connectivity index (χ4n) is 2.58. The smallest absolute Gasteiger partial charge is 0.350 e. The van der Waals surface area contributed by atoms with Gasteiger partial charge in [0.25, 0.3) is 5.89 Å². The molecule has 26 heavy (non-hydrogen) atoms. The molecule has 0 N–H and O–H groups in total. The van der Waals surface area contributed by atoms with Crippen molar-refractivity contribution in [2.45, 2.75) is 13.5 Å². The molecule has 0 radical (unpaired) electrons. The lowest BCUT2D eigenvalue weighted by atomic mass is 10.1. The molecule has 2 aromatic heterocycles. The average Bonchev–Trinajstić information content (AvgIpc) is 3.25. The molecule has 0 amide bonds. The van der Waals surface area contributed by atoms with Crippen molar-refractivity contribution in [3.63, 3.8) is 0 Å². The van der Waals surface area contributed by atoms with E-state index in [9.17, 15) is 4.79 Å². The number of aromatic nitrogens is 2. The zero-order chi connectivity index (χ0) is 18.1. The summed E-state index contributed by atoms with van der Waals surface area (Å²) in [6.07, 6.45) is 0. The topological polar surface area (TPSA) is 65.2 Å². The number of hydrogen-bond acceptors (Lipinski definition) is 6. The van der Waals surface area contributed by atoms with Crippen LogP contribution >= 0.6 is 22.9 Å². The zero-order valence-electron chi connectivity index (χ0n) is 13.7. The maximum absolute atomic E-state index is 12.4. The highest BCUT2D eigenvalue weighted by molar-refractivity contribution is 7.21. The highest BCUT2D eigenvalue weighted by Crippen LogP contribution is 2.35. The first-order valence-corrected chi connectivity index (χ1v) is 9.05. The summed E-state index contributed by atoms with van der Waals surface area (Å²) in [5.74, 6) is 0.190. The van der Waals surface area contributed by atoms with E-state index in [2.05, 4.69) is 10.1 Å². The third-order valence-corrected chi connectivity index (χ3v) is 5.56. The second kappa shape index (κ2) is 6.90. The number of carbonyl (C=O) groups is 1. The lowest BCUT2D eigenvalue weighted by molar-refractivity contribution is 0.0436. The van der Waals surface area contributed by atoms with Crippen LogP contribution in [0.5, 0.6) is 0 Å². The van der Waals surface area contributed by atoms with Crippen LogP contribution in [-0.2, 0) is 11.3 Å². The molecule has 0 fully saturated rings. The molecule has 0 bridgehead atoms. The van der Waals surface area contributed by atoms with Gasteiger partial charge in [-0.3, -0.25) is 0 Å². The van der Waals surface area contributed by atoms with Gasteiger partial charge in [0.15, 0.2) is 6.61 Å². The van der Waals surface area contributed by atoms with Crippen LogP contribution in [0.2, 0.25) is 5.02 Å². The van der Waals surface area contributed by atoms with Gasteiger partial charge in [0.1, 0.15) is 4.88 Å².